The highest BCUT2D eigenvalue weighted by atomic mass is 15.2. The van der Waals surface area contributed by atoms with E-state index in [9.17, 15) is 0 Å². The second-order valence-corrected chi connectivity index (χ2v) is 3.74. The summed E-state index contributed by atoms with van der Waals surface area (Å²) in [5.41, 5.74) is 0. The van der Waals surface area contributed by atoms with Gasteiger partial charge in [0.25, 0.3) is 0 Å². The van der Waals surface area contributed by atoms with Gasteiger partial charge in [-0.3, -0.25) is 11.9 Å². The summed E-state index contributed by atoms with van der Waals surface area (Å²) < 4.78 is 0. The van der Waals surface area contributed by atoms with E-state index in [-0.39, 0.29) is 0 Å². The Labute approximate surface area is 69.2 Å². The first kappa shape index (κ1) is 7.56. The molecule has 11 heavy (non-hydrogen) atoms. The summed E-state index contributed by atoms with van der Waals surface area (Å²) in [7, 11) is 3.98. The fraction of sp³-hybridized carbons (Fsp3) is 0.889. The van der Waals surface area contributed by atoms with Crippen molar-refractivity contribution in [2.24, 2.45) is 0 Å². The van der Waals surface area contributed by atoms with Crippen LogP contribution in [0.4, 0.5) is 0 Å². The SMILES string of the molecule is [CH2-]N1CCCN(C2CC2)CC1. The zero-order valence-electron chi connectivity index (χ0n) is 7.13. The van der Waals surface area contributed by atoms with Crippen LogP contribution in [0, 0.1) is 7.05 Å². The van der Waals surface area contributed by atoms with Crippen LogP contribution in [0.3, 0.4) is 0 Å². The molecule has 2 aliphatic rings. The second-order valence-electron chi connectivity index (χ2n) is 3.74. The van der Waals surface area contributed by atoms with Crippen molar-refractivity contribution in [3.63, 3.8) is 0 Å². The van der Waals surface area contributed by atoms with Crippen LogP contribution < -0.4 is 0 Å². The maximum atomic E-state index is 3.98. The van der Waals surface area contributed by atoms with Crippen molar-refractivity contribution in [3.8, 4) is 0 Å². The first-order valence-electron chi connectivity index (χ1n) is 4.66. The van der Waals surface area contributed by atoms with Crippen molar-refractivity contribution in [1.29, 1.82) is 0 Å². The minimum atomic E-state index is 0.946. The van der Waals surface area contributed by atoms with Gasteiger partial charge in [0.15, 0.2) is 0 Å². The molecular formula is C9H17N2-. The van der Waals surface area contributed by atoms with Crippen molar-refractivity contribution < 1.29 is 0 Å². The molecule has 1 aliphatic heterocycles. The van der Waals surface area contributed by atoms with Gasteiger partial charge < -0.3 is 4.90 Å². The van der Waals surface area contributed by atoms with Gasteiger partial charge in [0.2, 0.25) is 0 Å². The normalized spacial score (nSPS) is 30.3. The Morgan fingerprint density at radius 3 is 2.55 bits per heavy atom. The summed E-state index contributed by atoms with van der Waals surface area (Å²) in [5.74, 6) is 0. The van der Waals surface area contributed by atoms with E-state index in [4.69, 9.17) is 0 Å². The van der Waals surface area contributed by atoms with E-state index in [2.05, 4.69) is 16.8 Å². The Bertz CT molecular complexity index is 132. The fourth-order valence-corrected chi connectivity index (χ4v) is 1.80. The predicted octanol–water partition coefficient (Wildman–Crippen LogP) is 0.948. The Hall–Kier alpha value is -0.0800. The van der Waals surface area contributed by atoms with Gasteiger partial charge in [-0.05, 0) is 38.9 Å². The quantitative estimate of drug-likeness (QED) is 0.517. The van der Waals surface area contributed by atoms with Crippen LogP contribution in [-0.2, 0) is 0 Å². The molecule has 2 nitrogen and oxygen atoms in total. The van der Waals surface area contributed by atoms with Crippen LogP contribution in [-0.4, -0.2) is 42.0 Å². The molecule has 2 fully saturated rings. The molecule has 64 valence electrons. The molecule has 0 aromatic heterocycles. The van der Waals surface area contributed by atoms with Crippen LogP contribution in [0.15, 0.2) is 0 Å². The molecular weight excluding hydrogens is 136 g/mol. The highest BCUT2D eigenvalue weighted by molar-refractivity contribution is 4.86. The third-order valence-corrected chi connectivity index (χ3v) is 2.69. The molecule has 0 unspecified atom stereocenters. The minimum Gasteiger partial charge on any atom is -0.458 e. The summed E-state index contributed by atoms with van der Waals surface area (Å²) in [4.78, 5) is 4.83. The van der Waals surface area contributed by atoms with Gasteiger partial charge in [-0.2, -0.15) is 0 Å². The summed E-state index contributed by atoms with van der Waals surface area (Å²) >= 11 is 0. The zero-order valence-corrected chi connectivity index (χ0v) is 7.13. The predicted molar refractivity (Wildman–Crippen MR) is 46.1 cm³/mol. The van der Waals surface area contributed by atoms with E-state index in [1.54, 1.807) is 0 Å². The minimum absolute atomic E-state index is 0.946. The molecule has 0 atom stereocenters. The van der Waals surface area contributed by atoms with Crippen molar-refractivity contribution in [2.75, 3.05) is 26.2 Å². The van der Waals surface area contributed by atoms with Crippen LogP contribution in [0.5, 0.6) is 0 Å². The Balaban J connectivity index is 1.82. The topological polar surface area (TPSA) is 6.48 Å². The molecule has 0 N–H and O–H groups in total. The smallest absolute Gasteiger partial charge is 0.00969 e. The average Bonchev–Trinajstić information content (AvgIpc) is 2.73. The van der Waals surface area contributed by atoms with Gasteiger partial charge in [0.1, 0.15) is 0 Å². The third-order valence-electron chi connectivity index (χ3n) is 2.69. The lowest BCUT2D eigenvalue weighted by atomic mass is 10.4. The molecule has 0 aromatic carbocycles. The van der Waals surface area contributed by atoms with Gasteiger partial charge in [0, 0.05) is 12.6 Å². The zero-order chi connectivity index (χ0) is 7.68. The lowest BCUT2D eigenvalue weighted by molar-refractivity contribution is 0.272. The lowest BCUT2D eigenvalue weighted by Gasteiger charge is -2.22. The highest BCUT2D eigenvalue weighted by Gasteiger charge is 2.28. The Morgan fingerprint density at radius 2 is 1.82 bits per heavy atom. The monoisotopic (exact) mass is 153 g/mol. The number of nitrogens with zero attached hydrogens (tertiary/aromatic N) is 2. The molecule has 1 aliphatic carbocycles. The molecule has 2 heteroatoms. The molecule has 0 aromatic rings. The molecule has 1 saturated carbocycles. The maximum Gasteiger partial charge on any atom is 0.00969 e. The molecule has 2 rings (SSSR count). The van der Waals surface area contributed by atoms with Crippen molar-refractivity contribution in [1.82, 2.24) is 9.80 Å². The van der Waals surface area contributed by atoms with E-state index in [1.165, 1.54) is 38.9 Å². The second kappa shape index (κ2) is 3.11. The summed E-state index contributed by atoms with van der Waals surface area (Å²) in [6.45, 7) is 4.89. The van der Waals surface area contributed by atoms with Crippen LogP contribution in [0.1, 0.15) is 19.3 Å². The lowest BCUT2D eigenvalue weighted by Crippen LogP contribution is -2.30. The fourth-order valence-electron chi connectivity index (χ4n) is 1.80. The van der Waals surface area contributed by atoms with Gasteiger partial charge >= 0.3 is 0 Å². The molecule has 1 heterocycles. The Morgan fingerprint density at radius 1 is 1.00 bits per heavy atom. The highest BCUT2D eigenvalue weighted by Crippen LogP contribution is 2.27. The van der Waals surface area contributed by atoms with Gasteiger partial charge in [-0.15, -0.1) is 0 Å². The first-order valence-corrected chi connectivity index (χ1v) is 4.66. The molecule has 0 bridgehead atoms. The van der Waals surface area contributed by atoms with Crippen molar-refractivity contribution in [3.05, 3.63) is 7.05 Å². The van der Waals surface area contributed by atoms with Crippen molar-refractivity contribution in [2.45, 2.75) is 25.3 Å². The standard InChI is InChI=1S/C9H17N2/c1-10-5-2-6-11(8-7-10)9-3-4-9/h9H,1-8H2/q-1. The molecule has 0 amide bonds. The number of rotatable bonds is 1. The van der Waals surface area contributed by atoms with E-state index >= 15 is 0 Å². The summed E-state index contributed by atoms with van der Waals surface area (Å²) in [6.07, 6.45) is 4.19. The van der Waals surface area contributed by atoms with Gasteiger partial charge in [-0.25, -0.2) is 0 Å². The van der Waals surface area contributed by atoms with Crippen LogP contribution in [0.2, 0.25) is 0 Å². The van der Waals surface area contributed by atoms with E-state index in [1.807, 2.05) is 0 Å². The Kier molecular flexibility index (Phi) is 2.14. The molecule has 1 saturated heterocycles. The van der Waals surface area contributed by atoms with E-state index in [0.717, 1.165) is 12.6 Å². The number of hydrogen-bond donors (Lipinski definition) is 0. The summed E-state index contributed by atoms with van der Waals surface area (Å²) in [5, 5.41) is 0. The molecule has 0 spiro atoms. The van der Waals surface area contributed by atoms with Crippen molar-refractivity contribution >= 4 is 0 Å². The largest absolute Gasteiger partial charge is 0.458 e. The first-order chi connectivity index (χ1) is 5.36. The maximum absolute atomic E-state index is 3.98. The van der Waals surface area contributed by atoms with E-state index in [0.29, 0.717) is 0 Å². The van der Waals surface area contributed by atoms with Crippen LogP contribution >= 0.6 is 0 Å². The molecule has 0 radical (unpaired) electrons. The van der Waals surface area contributed by atoms with Crippen LogP contribution in [0.25, 0.3) is 0 Å². The average molecular weight is 153 g/mol. The number of hydrogen-bond acceptors (Lipinski definition) is 2. The van der Waals surface area contributed by atoms with Gasteiger partial charge in [-0.1, -0.05) is 0 Å². The summed E-state index contributed by atoms with van der Waals surface area (Å²) in [6, 6.07) is 0.946. The third kappa shape index (κ3) is 1.94. The van der Waals surface area contributed by atoms with Gasteiger partial charge in [0.05, 0.1) is 0 Å². The van der Waals surface area contributed by atoms with E-state index < -0.39 is 0 Å².